The molecule has 0 radical (unpaired) electrons. The number of ketones is 1. The zero-order valence-electron chi connectivity index (χ0n) is 10.6. The van der Waals surface area contributed by atoms with Gasteiger partial charge < -0.3 is 5.73 Å². The monoisotopic (exact) mass is 219 g/mol. The van der Waals surface area contributed by atoms with Crippen LogP contribution in [0.3, 0.4) is 0 Å². The smallest absolute Gasteiger partial charge is 0.179 e. The molecule has 0 aliphatic rings. The maximum atomic E-state index is 12.1. The fourth-order valence-corrected chi connectivity index (χ4v) is 1.87. The first kappa shape index (κ1) is 12.9. The Morgan fingerprint density at radius 2 is 1.75 bits per heavy atom. The minimum atomic E-state index is -0.356. The third-order valence-corrected chi connectivity index (χ3v) is 3.04. The first-order chi connectivity index (χ1) is 7.47. The largest absolute Gasteiger partial charge is 0.321 e. The van der Waals surface area contributed by atoms with Crippen LogP contribution in [-0.2, 0) is 0 Å². The van der Waals surface area contributed by atoms with Crippen molar-refractivity contribution in [1.82, 2.24) is 0 Å². The lowest BCUT2D eigenvalue weighted by molar-refractivity contribution is 0.0956. The molecule has 0 amide bonds. The van der Waals surface area contributed by atoms with Crippen LogP contribution in [0.1, 0.15) is 46.8 Å². The number of hydrogen-bond donors (Lipinski definition) is 1. The van der Waals surface area contributed by atoms with E-state index in [1.807, 2.05) is 26.8 Å². The first-order valence-electron chi connectivity index (χ1n) is 5.85. The topological polar surface area (TPSA) is 43.1 Å². The van der Waals surface area contributed by atoms with E-state index in [1.54, 1.807) is 0 Å². The highest BCUT2D eigenvalue weighted by molar-refractivity contribution is 6.01. The summed E-state index contributed by atoms with van der Waals surface area (Å²) in [5, 5.41) is 0. The predicted octanol–water partition coefficient (Wildman–Crippen LogP) is 2.92. The zero-order valence-corrected chi connectivity index (χ0v) is 10.6. The van der Waals surface area contributed by atoms with Gasteiger partial charge in [0.25, 0.3) is 0 Å². The van der Waals surface area contributed by atoms with E-state index in [0.717, 1.165) is 29.5 Å². The van der Waals surface area contributed by atoms with E-state index in [0.29, 0.717) is 0 Å². The summed E-state index contributed by atoms with van der Waals surface area (Å²) in [5.74, 6) is 0.0717. The Hall–Kier alpha value is -1.15. The number of aryl methyl sites for hydroxylation is 3. The van der Waals surface area contributed by atoms with Gasteiger partial charge in [-0.05, 0) is 49.9 Å². The predicted molar refractivity (Wildman–Crippen MR) is 67.9 cm³/mol. The molecule has 1 unspecified atom stereocenters. The van der Waals surface area contributed by atoms with E-state index in [4.69, 9.17) is 5.73 Å². The van der Waals surface area contributed by atoms with Crippen molar-refractivity contribution in [2.24, 2.45) is 5.73 Å². The Kier molecular flexibility index (Phi) is 4.25. The van der Waals surface area contributed by atoms with E-state index >= 15 is 0 Å². The van der Waals surface area contributed by atoms with Crippen LogP contribution >= 0.6 is 0 Å². The van der Waals surface area contributed by atoms with Gasteiger partial charge in [0, 0.05) is 5.56 Å². The molecule has 0 saturated carbocycles. The second-order valence-electron chi connectivity index (χ2n) is 4.51. The minimum Gasteiger partial charge on any atom is -0.321 e. The molecule has 88 valence electrons. The average Bonchev–Trinajstić information content (AvgIpc) is 2.23. The minimum absolute atomic E-state index is 0.0717. The van der Waals surface area contributed by atoms with Crippen LogP contribution in [0, 0.1) is 20.8 Å². The number of benzene rings is 1. The summed E-state index contributed by atoms with van der Waals surface area (Å²) >= 11 is 0. The van der Waals surface area contributed by atoms with Gasteiger partial charge in [-0.25, -0.2) is 0 Å². The summed E-state index contributed by atoms with van der Waals surface area (Å²) in [4.78, 5) is 12.1. The molecular formula is C14H21NO. The molecule has 0 fully saturated rings. The van der Waals surface area contributed by atoms with Crippen molar-refractivity contribution in [3.8, 4) is 0 Å². The molecule has 2 N–H and O–H groups in total. The summed E-state index contributed by atoms with van der Waals surface area (Å²) in [6, 6.07) is 3.66. The highest BCUT2D eigenvalue weighted by Crippen LogP contribution is 2.17. The average molecular weight is 219 g/mol. The quantitative estimate of drug-likeness (QED) is 0.791. The lowest BCUT2D eigenvalue weighted by atomic mass is 9.94. The second-order valence-corrected chi connectivity index (χ2v) is 4.51. The summed E-state index contributed by atoms with van der Waals surface area (Å²) in [6.07, 6.45) is 1.70. The van der Waals surface area contributed by atoms with E-state index in [9.17, 15) is 4.79 Å². The van der Waals surface area contributed by atoms with E-state index in [1.165, 1.54) is 5.56 Å². The second kappa shape index (κ2) is 5.26. The van der Waals surface area contributed by atoms with E-state index in [-0.39, 0.29) is 11.8 Å². The van der Waals surface area contributed by atoms with Gasteiger partial charge in [-0.2, -0.15) is 0 Å². The van der Waals surface area contributed by atoms with Gasteiger partial charge in [-0.15, -0.1) is 0 Å². The van der Waals surface area contributed by atoms with Crippen molar-refractivity contribution < 1.29 is 4.79 Å². The molecule has 2 nitrogen and oxygen atoms in total. The van der Waals surface area contributed by atoms with Crippen molar-refractivity contribution in [2.45, 2.75) is 46.6 Å². The molecule has 0 bridgehead atoms. The van der Waals surface area contributed by atoms with Crippen molar-refractivity contribution in [1.29, 1.82) is 0 Å². The summed E-state index contributed by atoms with van der Waals surface area (Å²) < 4.78 is 0. The van der Waals surface area contributed by atoms with Crippen LogP contribution in [0.5, 0.6) is 0 Å². The highest BCUT2D eigenvalue weighted by Gasteiger charge is 2.17. The molecule has 2 heteroatoms. The number of carbonyl (C=O) groups is 1. The van der Waals surface area contributed by atoms with Gasteiger partial charge in [0.05, 0.1) is 6.04 Å². The molecule has 1 atom stereocenters. The Morgan fingerprint density at radius 3 is 2.31 bits per heavy atom. The van der Waals surface area contributed by atoms with Gasteiger partial charge in [-0.1, -0.05) is 19.4 Å². The molecule has 16 heavy (non-hydrogen) atoms. The van der Waals surface area contributed by atoms with Gasteiger partial charge in [0.1, 0.15) is 0 Å². The van der Waals surface area contributed by atoms with Gasteiger partial charge in [-0.3, -0.25) is 4.79 Å². The zero-order chi connectivity index (χ0) is 12.3. The third-order valence-electron chi connectivity index (χ3n) is 3.04. The van der Waals surface area contributed by atoms with Crippen molar-refractivity contribution >= 4 is 5.78 Å². The number of carbonyl (C=O) groups excluding carboxylic acids is 1. The van der Waals surface area contributed by atoms with E-state index < -0.39 is 0 Å². The molecular weight excluding hydrogens is 198 g/mol. The van der Waals surface area contributed by atoms with Crippen molar-refractivity contribution in [3.05, 3.63) is 34.4 Å². The fourth-order valence-electron chi connectivity index (χ4n) is 1.87. The Morgan fingerprint density at radius 1 is 1.19 bits per heavy atom. The third kappa shape index (κ3) is 2.70. The maximum absolute atomic E-state index is 12.1. The van der Waals surface area contributed by atoms with Crippen LogP contribution in [0.2, 0.25) is 0 Å². The van der Waals surface area contributed by atoms with Gasteiger partial charge >= 0.3 is 0 Å². The van der Waals surface area contributed by atoms with Crippen LogP contribution in [-0.4, -0.2) is 11.8 Å². The lowest BCUT2D eigenvalue weighted by Gasteiger charge is -2.13. The highest BCUT2D eigenvalue weighted by atomic mass is 16.1. The summed E-state index contributed by atoms with van der Waals surface area (Å²) in [6.45, 7) is 8.10. The number of nitrogens with two attached hydrogens (primary N) is 1. The van der Waals surface area contributed by atoms with Gasteiger partial charge in [0.2, 0.25) is 0 Å². The van der Waals surface area contributed by atoms with Crippen LogP contribution in [0.25, 0.3) is 0 Å². The Labute approximate surface area is 97.9 Å². The number of rotatable bonds is 4. The molecule has 1 aromatic carbocycles. The molecule has 0 aliphatic heterocycles. The standard InChI is InChI=1S/C14H21NO/c1-5-6-13(15)14(16)12-8-10(3)9(2)7-11(12)4/h7-8,13H,5-6,15H2,1-4H3. The van der Waals surface area contributed by atoms with Gasteiger partial charge in [0.15, 0.2) is 5.78 Å². The van der Waals surface area contributed by atoms with Crippen molar-refractivity contribution in [2.75, 3.05) is 0 Å². The molecule has 0 saturated heterocycles. The molecule has 0 spiro atoms. The normalized spacial score (nSPS) is 12.6. The van der Waals surface area contributed by atoms with Crippen molar-refractivity contribution in [3.63, 3.8) is 0 Å². The van der Waals surface area contributed by atoms with Crippen LogP contribution < -0.4 is 5.73 Å². The molecule has 1 rings (SSSR count). The lowest BCUT2D eigenvalue weighted by Crippen LogP contribution is -2.30. The van der Waals surface area contributed by atoms with E-state index in [2.05, 4.69) is 13.0 Å². The maximum Gasteiger partial charge on any atom is 0.179 e. The fraction of sp³-hybridized carbons (Fsp3) is 0.500. The Bertz CT molecular complexity index is 396. The summed E-state index contributed by atoms with van der Waals surface area (Å²) in [7, 11) is 0. The van der Waals surface area contributed by atoms with Crippen LogP contribution in [0.4, 0.5) is 0 Å². The first-order valence-corrected chi connectivity index (χ1v) is 5.85. The Balaban J connectivity index is 3.04. The summed E-state index contributed by atoms with van der Waals surface area (Å²) in [5.41, 5.74) is 10.0. The molecule has 1 aromatic rings. The molecule has 0 aliphatic carbocycles. The SMILES string of the molecule is CCCC(N)C(=O)c1cc(C)c(C)cc1C. The van der Waals surface area contributed by atoms with Crippen LogP contribution in [0.15, 0.2) is 12.1 Å². The number of Topliss-reactive ketones (excluding diaryl/α,β-unsaturated/α-hetero) is 1. The number of hydrogen-bond acceptors (Lipinski definition) is 2. The molecule has 0 aromatic heterocycles. The molecule has 0 heterocycles.